The zero-order valence-corrected chi connectivity index (χ0v) is 13.0. The van der Waals surface area contributed by atoms with Crippen molar-refractivity contribution in [3.05, 3.63) is 65.2 Å². The number of amides is 1. The maximum Gasteiger partial charge on any atom is 0.255 e. The monoisotopic (exact) mass is 301 g/mol. The molecule has 1 unspecified atom stereocenters. The van der Waals surface area contributed by atoms with Gasteiger partial charge < -0.3 is 10.4 Å². The van der Waals surface area contributed by atoms with E-state index in [-0.39, 0.29) is 5.91 Å². The van der Waals surface area contributed by atoms with E-state index in [9.17, 15) is 9.90 Å². The Bertz CT molecular complexity index is 626. The molecule has 0 spiro atoms. The van der Waals surface area contributed by atoms with Gasteiger partial charge in [-0.25, -0.2) is 0 Å². The van der Waals surface area contributed by atoms with E-state index < -0.39 is 6.10 Å². The van der Waals surface area contributed by atoms with Crippen molar-refractivity contribution in [1.82, 2.24) is 0 Å². The van der Waals surface area contributed by atoms with Crippen LogP contribution >= 0.6 is 11.8 Å². The minimum absolute atomic E-state index is 0.161. The molecule has 4 heteroatoms. The van der Waals surface area contributed by atoms with E-state index in [2.05, 4.69) is 5.32 Å². The van der Waals surface area contributed by atoms with Gasteiger partial charge >= 0.3 is 0 Å². The summed E-state index contributed by atoms with van der Waals surface area (Å²) in [7, 11) is 0. The number of thioether (sulfide) groups is 1. The predicted molar refractivity (Wildman–Crippen MR) is 88.7 cm³/mol. The Morgan fingerprint density at radius 3 is 2.71 bits per heavy atom. The molecule has 0 aliphatic heterocycles. The molecule has 2 aromatic rings. The fraction of sp³-hybridized carbons (Fsp3) is 0.235. The number of benzene rings is 2. The molecular weight excluding hydrogens is 282 g/mol. The third-order valence-electron chi connectivity index (χ3n) is 3.16. The number of aliphatic hydroxyl groups excluding tert-OH is 1. The first-order valence-electron chi connectivity index (χ1n) is 6.78. The molecule has 2 N–H and O–H groups in total. The number of anilines is 1. The molecule has 0 saturated heterocycles. The Morgan fingerprint density at radius 1 is 1.24 bits per heavy atom. The van der Waals surface area contributed by atoms with Gasteiger partial charge in [-0.3, -0.25) is 4.79 Å². The number of para-hydroxylation sites is 1. The first-order chi connectivity index (χ1) is 10.1. The highest BCUT2D eigenvalue weighted by Crippen LogP contribution is 2.23. The Labute approximate surface area is 129 Å². The van der Waals surface area contributed by atoms with Crippen LogP contribution in [0, 0.1) is 0 Å². The Morgan fingerprint density at radius 2 is 2.00 bits per heavy atom. The van der Waals surface area contributed by atoms with Crippen molar-refractivity contribution in [3.8, 4) is 0 Å². The minimum Gasteiger partial charge on any atom is -0.389 e. The number of hydrogen-bond donors (Lipinski definition) is 2. The maximum atomic E-state index is 12.3. The summed E-state index contributed by atoms with van der Waals surface area (Å²) in [6.45, 7) is 1.68. The molecule has 0 aromatic heterocycles. The number of hydrogen-bond acceptors (Lipinski definition) is 3. The van der Waals surface area contributed by atoms with Gasteiger partial charge in [-0.2, -0.15) is 11.8 Å². The maximum absolute atomic E-state index is 12.3. The van der Waals surface area contributed by atoms with Gasteiger partial charge in [0.1, 0.15) is 0 Å². The number of aliphatic hydroxyl groups is 1. The van der Waals surface area contributed by atoms with Gasteiger partial charge in [0.25, 0.3) is 5.91 Å². The van der Waals surface area contributed by atoms with Crippen LogP contribution in [0.1, 0.15) is 34.5 Å². The lowest BCUT2D eigenvalue weighted by atomic mass is 10.1. The second-order valence-electron chi connectivity index (χ2n) is 4.85. The Balaban J connectivity index is 2.20. The van der Waals surface area contributed by atoms with Gasteiger partial charge in [-0.05, 0) is 36.9 Å². The number of carbonyl (C=O) groups excluding carboxylic acids is 1. The Kier molecular flexibility index (Phi) is 5.42. The van der Waals surface area contributed by atoms with Crippen LogP contribution < -0.4 is 5.32 Å². The van der Waals surface area contributed by atoms with Crippen molar-refractivity contribution in [2.24, 2.45) is 0 Å². The summed E-state index contributed by atoms with van der Waals surface area (Å²) in [4.78, 5) is 12.3. The highest BCUT2D eigenvalue weighted by molar-refractivity contribution is 7.97. The van der Waals surface area contributed by atoms with Gasteiger partial charge in [-0.1, -0.05) is 30.3 Å². The first-order valence-corrected chi connectivity index (χ1v) is 8.17. The number of nitrogens with one attached hydrogen (secondary N) is 1. The molecule has 2 rings (SSSR count). The third-order valence-corrected chi connectivity index (χ3v) is 3.78. The number of carbonyl (C=O) groups is 1. The molecule has 0 fully saturated rings. The normalized spacial score (nSPS) is 12.0. The summed E-state index contributed by atoms with van der Waals surface area (Å²) in [5.41, 5.74) is 3.11. The molecular formula is C17H19NO2S. The fourth-order valence-electron chi connectivity index (χ4n) is 2.14. The van der Waals surface area contributed by atoms with Crippen LogP contribution in [0.25, 0.3) is 0 Å². The zero-order chi connectivity index (χ0) is 15.2. The molecule has 0 radical (unpaired) electrons. The van der Waals surface area contributed by atoms with Gasteiger partial charge in [0, 0.05) is 22.6 Å². The minimum atomic E-state index is -0.621. The summed E-state index contributed by atoms with van der Waals surface area (Å²) in [6, 6.07) is 14.9. The number of rotatable bonds is 5. The van der Waals surface area contributed by atoms with Crippen molar-refractivity contribution in [2.45, 2.75) is 18.8 Å². The third kappa shape index (κ3) is 4.09. The van der Waals surface area contributed by atoms with E-state index in [4.69, 9.17) is 0 Å². The zero-order valence-electron chi connectivity index (χ0n) is 12.2. The molecule has 0 bridgehead atoms. The predicted octanol–water partition coefficient (Wildman–Crippen LogP) is 3.86. The molecule has 0 heterocycles. The van der Waals surface area contributed by atoms with Gasteiger partial charge in [0.2, 0.25) is 0 Å². The molecule has 2 aromatic carbocycles. The highest BCUT2D eigenvalue weighted by Gasteiger charge is 2.11. The SMILES string of the molecule is CSCc1cccc(C(=O)Nc2ccccc2C(C)O)c1. The lowest BCUT2D eigenvalue weighted by Gasteiger charge is -2.13. The lowest BCUT2D eigenvalue weighted by molar-refractivity contribution is 0.102. The average Bonchev–Trinajstić information content (AvgIpc) is 2.48. The average molecular weight is 301 g/mol. The molecule has 110 valence electrons. The second kappa shape index (κ2) is 7.29. The second-order valence-corrected chi connectivity index (χ2v) is 5.72. The van der Waals surface area contributed by atoms with E-state index in [1.54, 1.807) is 30.8 Å². The van der Waals surface area contributed by atoms with Crippen molar-refractivity contribution in [2.75, 3.05) is 11.6 Å². The van der Waals surface area contributed by atoms with Crippen molar-refractivity contribution < 1.29 is 9.90 Å². The van der Waals surface area contributed by atoms with Crippen LogP contribution in [0.5, 0.6) is 0 Å². The Hall–Kier alpha value is -1.78. The largest absolute Gasteiger partial charge is 0.389 e. The smallest absolute Gasteiger partial charge is 0.255 e. The van der Waals surface area contributed by atoms with Crippen LogP contribution in [0.2, 0.25) is 0 Å². The summed E-state index contributed by atoms with van der Waals surface area (Å²) in [5.74, 6) is 0.719. The standard InChI is InChI=1S/C17H19NO2S/c1-12(19)15-8-3-4-9-16(15)18-17(20)14-7-5-6-13(10-14)11-21-2/h3-10,12,19H,11H2,1-2H3,(H,18,20). The molecule has 1 atom stereocenters. The molecule has 0 aliphatic rings. The van der Waals surface area contributed by atoms with Gasteiger partial charge in [0.15, 0.2) is 0 Å². The summed E-state index contributed by atoms with van der Waals surface area (Å²) < 4.78 is 0. The van der Waals surface area contributed by atoms with E-state index in [0.29, 0.717) is 16.8 Å². The summed E-state index contributed by atoms with van der Waals surface area (Å²) in [6.07, 6.45) is 1.41. The first kappa shape index (κ1) is 15.6. The summed E-state index contributed by atoms with van der Waals surface area (Å²) >= 11 is 1.72. The van der Waals surface area contributed by atoms with Gasteiger partial charge in [0.05, 0.1) is 6.10 Å². The van der Waals surface area contributed by atoms with Crippen LogP contribution in [0.4, 0.5) is 5.69 Å². The van der Waals surface area contributed by atoms with Crippen molar-refractivity contribution in [3.63, 3.8) is 0 Å². The molecule has 0 saturated carbocycles. The topological polar surface area (TPSA) is 49.3 Å². The quantitative estimate of drug-likeness (QED) is 0.881. The fourth-order valence-corrected chi connectivity index (χ4v) is 2.65. The molecule has 0 aliphatic carbocycles. The summed E-state index contributed by atoms with van der Waals surface area (Å²) in [5, 5.41) is 12.6. The van der Waals surface area contributed by atoms with Crippen molar-refractivity contribution in [1.29, 1.82) is 0 Å². The highest BCUT2D eigenvalue weighted by atomic mass is 32.2. The van der Waals surface area contributed by atoms with E-state index in [1.165, 1.54) is 0 Å². The van der Waals surface area contributed by atoms with E-state index >= 15 is 0 Å². The lowest BCUT2D eigenvalue weighted by Crippen LogP contribution is -2.14. The molecule has 3 nitrogen and oxygen atoms in total. The van der Waals surface area contributed by atoms with Crippen LogP contribution in [0.3, 0.4) is 0 Å². The van der Waals surface area contributed by atoms with Crippen molar-refractivity contribution >= 4 is 23.4 Å². The van der Waals surface area contributed by atoms with Gasteiger partial charge in [-0.15, -0.1) is 0 Å². The van der Waals surface area contributed by atoms with E-state index in [0.717, 1.165) is 11.3 Å². The van der Waals surface area contributed by atoms with E-state index in [1.807, 2.05) is 42.7 Å². The van der Waals surface area contributed by atoms with Crippen LogP contribution in [-0.4, -0.2) is 17.3 Å². The van der Waals surface area contributed by atoms with Crippen LogP contribution in [0.15, 0.2) is 48.5 Å². The molecule has 21 heavy (non-hydrogen) atoms. The van der Waals surface area contributed by atoms with Crippen LogP contribution in [-0.2, 0) is 5.75 Å². The molecule has 1 amide bonds.